The van der Waals surface area contributed by atoms with E-state index in [1.165, 1.54) is 22.4 Å². The summed E-state index contributed by atoms with van der Waals surface area (Å²) in [6.07, 6.45) is 1.05. The van der Waals surface area contributed by atoms with E-state index >= 15 is 0 Å². The molecule has 26 heavy (non-hydrogen) atoms. The Morgan fingerprint density at radius 2 is 1.58 bits per heavy atom. The van der Waals surface area contributed by atoms with E-state index in [2.05, 4.69) is 66.5 Å². The van der Waals surface area contributed by atoms with Gasteiger partial charge in [0.25, 0.3) is 0 Å². The fourth-order valence-corrected chi connectivity index (χ4v) is 4.11. The highest BCUT2D eigenvalue weighted by Crippen LogP contribution is 2.40. The quantitative estimate of drug-likeness (QED) is 0.917. The van der Waals surface area contributed by atoms with Crippen molar-refractivity contribution in [3.63, 3.8) is 0 Å². The smallest absolute Gasteiger partial charge is 0.317 e. The molecule has 2 amide bonds. The van der Waals surface area contributed by atoms with E-state index in [9.17, 15) is 4.79 Å². The van der Waals surface area contributed by atoms with Crippen molar-refractivity contribution in [2.75, 3.05) is 31.1 Å². The van der Waals surface area contributed by atoms with Crippen LogP contribution >= 0.6 is 0 Å². The van der Waals surface area contributed by atoms with Gasteiger partial charge in [0.2, 0.25) is 0 Å². The molecule has 1 aliphatic carbocycles. The van der Waals surface area contributed by atoms with Crippen LogP contribution < -0.4 is 10.2 Å². The molecular formula is C22H27N3O. The van der Waals surface area contributed by atoms with E-state index in [-0.39, 0.29) is 6.03 Å². The first-order chi connectivity index (χ1) is 12.6. The molecular weight excluding hydrogens is 322 g/mol. The molecule has 0 spiro atoms. The van der Waals surface area contributed by atoms with Crippen molar-refractivity contribution < 1.29 is 4.79 Å². The van der Waals surface area contributed by atoms with Gasteiger partial charge in [-0.1, -0.05) is 48.5 Å². The van der Waals surface area contributed by atoms with Gasteiger partial charge in [0.05, 0.1) is 0 Å². The number of amides is 2. The van der Waals surface area contributed by atoms with Crippen LogP contribution in [0.2, 0.25) is 0 Å². The molecule has 1 saturated heterocycles. The molecule has 4 nitrogen and oxygen atoms in total. The third kappa shape index (κ3) is 3.41. The summed E-state index contributed by atoms with van der Waals surface area (Å²) in [5.41, 5.74) is 5.29. The lowest BCUT2D eigenvalue weighted by Crippen LogP contribution is -2.52. The van der Waals surface area contributed by atoms with Gasteiger partial charge in [-0.15, -0.1) is 0 Å². The normalized spacial score (nSPS) is 22.2. The third-order valence-corrected chi connectivity index (χ3v) is 5.65. The van der Waals surface area contributed by atoms with Crippen molar-refractivity contribution in [1.82, 2.24) is 10.2 Å². The minimum Gasteiger partial charge on any atom is -0.368 e. The molecule has 1 N–H and O–H groups in total. The molecule has 2 aliphatic rings. The number of para-hydroxylation sites is 1. The minimum absolute atomic E-state index is 0.0922. The Balaban J connectivity index is 1.31. The van der Waals surface area contributed by atoms with Gasteiger partial charge in [-0.2, -0.15) is 0 Å². The SMILES string of the molecule is Cc1cccc(C)c1N1CCN(C(=O)NC2CC2c2ccccc2)CC1. The lowest BCUT2D eigenvalue weighted by Gasteiger charge is -2.37. The van der Waals surface area contributed by atoms with E-state index in [4.69, 9.17) is 0 Å². The van der Waals surface area contributed by atoms with E-state index in [0.717, 1.165) is 32.6 Å². The second-order valence-electron chi connectivity index (χ2n) is 7.52. The van der Waals surface area contributed by atoms with Crippen molar-refractivity contribution >= 4 is 11.7 Å². The Hall–Kier alpha value is -2.49. The summed E-state index contributed by atoms with van der Waals surface area (Å²) < 4.78 is 0. The number of hydrogen-bond acceptors (Lipinski definition) is 2. The zero-order valence-electron chi connectivity index (χ0n) is 15.6. The van der Waals surface area contributed by atoms with Gasteiger partial charge in [-0.05, 0) is 37.0 Å². The molecule has 2 unspecified atom stereocenters. The number of benzene rings is 2. The zero-order chi connectivity index (χ0) is 18.1. The average Bonchev–Trinajstić information content (AvgIpc) is 3.42. The number of anilines is 1. The van der Waals surface area contributed by atoms with Crippen molar-refractivity contribution in [3.8, 4) is 0 Å². The van der Waals surface area contributed by atoms with Gasteiger partial charge < -0.3 is 15.1 Å². The van der Waals surface area contributed by atoms with Crippen LogP contribution in [0.1, 0.15) is 29.0 Å². The Kier molecular flexibility index (Phi) is 4.58. The molecule has 2 aromatic carbocycles. The summed E-state index contributed by atoms with van der Waals surface area (Å²) in [5, 5.41) is 3.22. The maximum atomic E-state index is 12.6. The lowest BCUT2D eigenvalue weighted by molar-refractivity contribution is 0.193. The highest BCUT2D eigenvalue weighted by Gasteiger charge is 2.40. The summed E-state index contributed by atoms with van der Waals surface area (Å²) in [4.78, 5) is 17.0. The van der Waals surface area contributed by atoms with Crippen LogP contribution in [0.25, 0.3) is 0 Å². The number of rotatable bonds is 3. The average molecular weight is 349 g/mol. The van der Waals surface area contributed by atoms with Gasteiger partial charge in [0.15, 0.2) is 0 Å². The molecule has 1 heterocycles. The molecule has 4 rings (SSSR count). The summed E-state index contributed by atoms with van der Waals surface area (Å²) in [6.45, 7) is 7.68. The molecule has 1 saturated carbocycles. The Morgan fingerprint density at radius 1 is 0.923 bits per heavy atom. The molecule has 0 radical (unpaired) electrons. The lowest BCUT2D eigenvalue weighted by atomic mass is 10.1. The fourth-order valence-electron chi connectivity index (χ4n) is 4.11. The van der Waals surface area contributed by atoms with E-state index in [1.807, 2.05) is 11.0 Å². The first-order valence-electron chi connectivity index (χ1n) is 9.55. The molecule has 136 valence electrons. The first kappa shape index (κ1) is 17.0. The van der Waals surface area contributed by atoms with E-state index in [0.29, 0.717) is 12.0 Å². The number of urea groups is 1. The monoisotopic (exact) mass is 349 g/mol. The van der Waals surface area contributed by atoms with Crippen LogP contribution in [-0.4, -0.2) is 43.2 Å². The Labute approximate surface area is 155 Å². The number of piperazine rings is 1. The summed E-state index contributed by atoms with van der Waals surface area (Å²) >= 11 is 0. The highest BCUT2D eigenvalue weighted by atomic mass is 16.2. The predicted molar refractivity (Wildman–Crippen MR) is 106 cm³/mol. The van der Waals surface area contributed by atoms with E-state index < -0.39 is 0 Å². The van der Waals surface area contributed by atoms with Crippen LogP contribution in [0.4, 0.5) is 10.5 Å². The maximum absolute atomic E-state index is 12.6. The standard InChI is InChI=1S/C22H27N3O/c1-16-7-6-8-17(2)21(16)24-11-13-25(14-12-24)22(26)23-20-15-19(20)18-9-4-3-5-10-18/h3-10,19-20H,11-15H2,1-2H3,(H,23,26). The first-order valence-corrected chi connectivity index (χ1v) is 9.55. The number of carbonyl (C=O) groups is 1. The van der Waals surface area contributed by atoms with Crippen LogP contribution in [0.5, 0.6) is 0 Å². The van der Waals surface area contributed by atoms with Crippen LogP contribution in [0.15, 0.2) is 48.5 Å². The van der Waals surface area contributed by atoms with Crippen LogP contribution in [0, 0.1) is 13.8 Å². The van der Waals surface area contributed by atoms with Gasteiger partial charge in [0, 0.05) is 43.8 Å². The summed E-state index contributed by atoms with van der Waals surface area (Å²) in [6, 6.07) is 17.3. The number of nitrogens with one attached hydrogen (secondary N) is 1. The number of hydrogen-bond donors (Lipinski definition) is 1. The molecule has 2 fully saturated rings. The Bertz CT molecular complexity index is 761. The number of carbonyl (C=O) groups excluding carboxylic acids is 1. The van der Waals surface area contributed by atoms with Crippen molar-refractivity contribution in [3.05, 3.63) is 65.2 Å². The zero-order valence-corrected chi connectivity index (χ0v) is 15.6. The molecule has 2 atom stereocenters. The maximum Gasteiger partial charge on any atom is 0.317 e. The van der Waals surface area contributed by atoms with Crippen LogP contribution in [-0.2, 0) is 0 Å². The second kappa shape index (κ2) is 7.02. The van der Waals surface area contributed by atoms with Crippen molar-refractivity contribution in [2.24, 2.45) is 0 Å². The largest absolute Gasteiger partial charge is 0.368 e. The van der Waals surface area contributed by atoms with Gasteiger partial charge in [0.1, 0.15) is 0 Å². The molecule has 2 aromatic rings. The second-order valence-corrected chi connectivity index (χ2v) is 7.52. The fraction of sp³-hybridized carbons (Fsp3) is 0.409. The van der Waals surface area contributed by atoms with Gasteiger partial charge in [-0.3, -0.25) is 0 Å². The minimum atomic E-state index is 0.0922. The predicted octanol–water partition coefficient (Wildman–Crippen LogP) is 3.69. The van der Waals surface area contributed by atoms with Gasteiger partial charge in [-0.25, -0.2) is 4.79 Å². The topological polar surface area (TPSA) is 35.6 Å². The van der Waals surface area contributed by atoms with Gasteiger partial charge >= 0.3 is 6.03 Å². The number of nitrogens with zero attached hydrogens (tertiary/aromatic N) is 2. The summed E-state index contributed by atoms with van der Waals surface area (Å²) in [7, 11) is 0. The highest BCUT2D eigenvalue weighted by molar-refractivity contribution is 5.75. The van der Waals surface area contributed by atoms with Crippen LogP contribution in [0.3, 0.4) is 0 Å². The summed E-state index contributed by atoms with van der Waals surface area (Å²) in [5.74, 6) is 0.482. The third-order valence-electron chi connectivity index (χ3n) is 5.65. The molecule has 0 aromatic heterocycles. The van der Waals surface area contributed by atoms with Crippen molar-refractivity contribution in [1.29, 1.82) is 0 Å². The molecule has 4 heteroatoms. The Morgan fingerprint density at radius 3 is 2.23 bits per heavy atom. The molecule has 1 aliphatic heterocycles. The van der Waals surface area contributed by atoms with E-state index in [1.54, 1.807) is 0 Å². The molecule has 0 bridgehead atoms. The van der Waals surface area contributed by atoms with Crippen molar-refractivity contribution in [2.45, 2.75) is 32.2 Å². The number of aryl methyl sites for hydroxylation is 2.